The first kappa shape index (κ1) is 12.5. The number of nitrogens with zero attached hydrogens (tertiary/aromatic N) is 2. The summed E-state index contributed by atoms with van der Waals surface area (Å²) in [4.78, 5) is 14.1. The van der Waals surface area contributed by atoms with E-state index in [1.807, 2.05) is 6.07 Å². The summed E-state index contributed by atoms with van der Waals surface area (Å²) in [6.45, 7) is 0. The van der Waals surface area contributed by atoms with E-state index in [1.54, 1.807) is 38.5 Å². The maximum atomic E-state index is 10.0. The Morgan fingerprint density at radius 1 is 1.29 bits per heavy atom. The van der Waals surface area contributed by atoms with Crippen molar-refractivity contribution in [2.24, 2.45) is 11.2 Å². The molecule has 0 aromatic heterocycles. The van der Waals surface area contributed by atoms with Gasteiger partial charge in [0.2, 0.25) is 0 Å². The topological polar surface area (TPSA) is 77.2 Å². The minimum absolute atomic E-state index is 0.491. The predicted molar refractivity (Wildman–Crippen MR) is 52.9 cm³/mol. The molecular formula is C8H13N3O3. The Bertz CT molecular complexity index is 243. The van der Waals surface area contributed by atoms with Gasteiger partial charge in [0.15, 0.2) is 0 Å². The molecule has 6 nitrogen and oxygen atoms in total. The molecule has 1 aromatic carbocycles. The lowest BCUT2D eigenvalue weighted by Gasteiger charge is -2.08. The van der Waals surface area contributed by atoms with Crippen LogP contribution in [0.1, 0.15) is 0 Å². The Hall–Kier alpha value is -1.50. The van der Waals surface area contributed by atoms with Crippen LogP contribution in [0.3, 0.4) is 0 Å². The first-order chi connectivity index (χ1) is 6.79. The number of benzene rings is 1. The molecule has 0 aliphatic heterocycles. The molecule has 2 N–H and O–H groups in total. The number of nitroso groups, excluding NO2 is 1. The lowest BCUT2D eigenvalue weighted by Crippen LogP contribution is -2.20. The molecule has 0 spiro atoms. The second-order valence-corrected chi connectivity index (χ2v) is 2.20. The van der Waals surface area contributed by atoms with E-state index in [1.165, 1.54) is 0 Å². The minimum Gasteiger partial charge on any atom is -0.388 e. The standard InChI is InChI=1S/C6H7N3O2.C2H6O/c7-11-9(8-10)6-4-2-1-3-5-6;1-3-2/h1-5H,7H2;1-2H3. The van der Waals surface area contributed by atoms with Crippen molar-refractivity contribution in [3.05, 3.63) is 35.2 Å². The molecule has 0 amide bonds. The van der Waals surface area contributed by atoms with Crippen LogP contribution in [0.25, 0.3) is 0 Å². The van der Waals surface area contributed by atoms with E-state index in [-0.39, 0.29) is 0 Å². The molecule has 0 atom stereocenters. The zero-order chi connectivity index (χ0) is 10.8. The first-order valence-electron chi connectivity index (χ1n) is 3.75. The Balaban J connectivity index is 0.000000500. The molecule has 0 saturated carbocycles. The van der Waals surface area contributed by atoms with Crippen LogP contribution >= 0.6 is 0 Å². The summed E-state index contributed by atoms with van der Waals surface area (Å²) < 4.78 is 4.25. The highest BCUT2D eigenvalue weighted by Gasteiger charge is 2.02. The molecule has 0 aliphatic rings. The van der Waals surface area contributed by atoms with Gasteiger partial charge in [-0.05, 0) is 12.1 Å². The smallest absolute Gasteiger partial charge is 0.0953 e. The molecular weight excluding hydrogens is 186 g/mol. The van der Waals surface area contributed by atoms with Crippen molar-refractivity contribution < 1.29 is 9.68 Å². The average molecular weight is 199 g/mol. The monoisotopic (exact) mass is 199 g/mol. The summed E-state index contributed by atoms with van der Waals surface area (Å²) in [7, 11) is 3.25. The van der Waals surface area contributed by atoms with Crippen LogP contribution in [0.15, 0.2) is 35.6 Å². The number of hydrogen-bond acceptors (Lipinski definition) is 5. The normalized spacial score (nSPS) is 8.50. The van der Waals surface area contributed by atoms with Crippen LogP contribution in [0.2, 0.25) is 0 Å². The van der Waals surface area contributed by atoms with Crippen molar-refractivity contribution in [2.75, 3.05) is 19.4 Å². The number of nitrogens with two attached hydrogens (primary N) is 1. The zero-order valence-corrected chi connectivity index (χ0v) is 8.08. The maximum absolute atomic E-state index is 10.0. The van der Waals surface area contributed by atoms with Gasteiger partial charge in [-0.2, -0.15) is 10.8 Å². The van der Waals surface area contributed by atoms with Crippen molar-refractivity contribution in [1.82, 2.24) is 0 Å². The largest absolute Gasteiger partial charge is 0.388 e. The highest BCUT2D eigenvalue weighted by molar-refractivity contribution is 5.42. The van der Waals surface area contributed by atoms with E-state index in [2.05, 4.69) is 15.0 Å². The molecule has 0 radical (unpaired) electrons. The summed E-state index contributed by atoms with van der Waals surface area (Å²) in [6, 6.07) is 8.59. The van der Waals surface area contributed by atoms with Crippen molar-refractivity contribution >= 4 is 5.69 Å². The molecule has 14 heavy (non-hydrogen) atoms. The van der Waals surface area contributed by atoms with Gasteiger partial charge in [-0.3, -0.25) is 0 Å². The molecule has 1 rings (SSSR count). The summed E-state index contributed by atoms with van der Waals surface area (Å²) >= 11 is 0. The van der Waals surface area contributed by atoms with Crippen molar-refractivity contribution in [3.63, 3.8) is 0 Å². The molecule has 0 aliphatic carbocycles. The van der Waals surface area contributed by atoms with Gasteiger partial charge in [0.25, 0.3) is 0 Å². The third-order valence-corrected chi connectivity index (χ3v) is 1.15. The zero-order valence-electron chi connectivity index (χ0n) is 8.08. The van der Waals surface area contributed by atoms with Crippen LogP contribution < -0.4 is 11.1 Å². The van der Waals surface area contributed by atoms with Crippen LogP contribution in [0.4, 0.5) is 5.69 Å². The Labute approximate surface area is 82.1 Å². The highest BCUT2D eigenvalue weighted by atomic mass is 16.8. The van der Waals surface area contributed by atoms with Crippen LogP contribution in [0.5, 0.6) is 0 Å². The van der Waals surface area contributed by atoms with Gasteiger partial charge < -0.3 is 4.74 Å². The van der Waals surface area contributed by atoms with Crippen molar-refractivity contribution in [1.29, 1.82) is 0 Å². The number of methoxy groups -OCH3 is 1. The van der Waals surface area contributed by atoms with E-state index >= 15 is 0 Å². The summed E-state index contributed by atoms with van der Waals surface area (Å²) in [6.07, 6.45) is 0. The molecule has 0 heterocycles. The van der Waals surface area contributed by atoms with Crippen LogP contribution in [0, 0.1) is 4.91 Å². The number of hydrogen-bond donors (Lipinski definition) is 1. The summed E-state index contributed by atoms with van der Waals surface area (Å²) in [5, 5.41) is 3.19. The van der Waals surface area contributed by atoms with E-state index in [0.717, 1.165) is 0 Å². The Morgan fingerprint density at radius 3 is 2.14 bits per heavy atom. The molecule has 1 aromatic rings. The van der Waals surface area contributed by atoms with Gasteiger partial charge in [-0.15, -0.1) is 4.91 Å². The summed E-state index contributed by atoms with van der Waals surface area (Å²) in [5.41, 5.74) is 0.491. The lowest BCUT2D eigenvalue weighted by molar-refractivity contribution is 0.111. The van der Waals surface area contributed by atoms with Gasteiger partial charge >= 0.3 is 0 Å². The minimum atomic E-state index is 0.491. The van der Waals surface area contributed by atoms with E-state index in [4.69, 9.17) is 5.90 Å². The fourth-order valence-corrected chi connectivity index (χ4v) is 0.683. The van der Waals surface area contributed by atoms with Crippen LogP contribution in [-0.4, -0.2) is 14.2 Å². The van der Waals surface area contributed by atoms with Crippen molar-refractivity contribution in [3.8, 4) is 0 Å². The summed E-state index contributed by atoms with van der Waals surface area (Å²) in [5.74, 6) is 4.75. The highest BCUT2D eigenvalue weighted by Crippen LogP contribution is 2.11. The molecule has 0 fully saturated rings. The van der Waals surface area contributed by atoms with Crippen molar-refractivity contribution in [2.45, 2.75) is 0 Å². The number of rotatable bonds is 3. The van der Waals surface area contributed by atoms with Gasteiger partial charge in [0, 0.05) is 14.2 Å². The number of para-hydroxylation sites is 1. The molecule has 6 heteroatoms. The Kier molecular flexibility index (Phi) is 7.24. The van der Waals surface area contributed by atoms with Gasteiger partial charge in [-0.25, -0.2) is 0 Å². The van der Waals surface area contributed by atoms with Gasteiger partial charge in [0.05, 0.1) is 11.0 Å². The average Bonchev–Trinajstić information content (AvgIpc) is 2.22. The number of ether oxygens (including phenoxy) is 1. The van der Waals surface area contributed by atoms with Gasteiger partial charge in [0.1, 0.15) is 0 Å². The molecule has 0 bridgehead atoms. The first-order valence-corrected chi connectivity index (χ1v) is 3.75. The number of anilines is 1. The molecule has 78 valence electrons. The van der Waals surface area contributed by atoms with Crippen LogP contribution in [-0.2, 0) is 9.68 Å². The second-order valence-electron chi connectivity index (χ2n) is 2.20. The third-order valence-electron chi connectivity index (χ3n) is 1.15. The predicted octanol–water partition coefficient (Wildman–Crippen LogP) is 1.24. The van der Waals surface area contributed by atoms with Gasteiger partial charge in [-0.1, -0.05) is 23.4 Å². The SMILES string of the molecule is COC.NON(N=O)c1ccccc1. The fourth-order valence-electron chi connectivity index (χ4n) is 0.683. The molecule has 0 unspecified atom stereocenters. The second kappa shape index (κ2) is 8.11. The third kappa shape index (κ3) is 4.51. The maximum Gasteiger partial charge on any atom is 0.0953 e. The van der Waals surface area contributed by atoms with E-state index in [0.29, 0.717) is 10.9 Å². The fraction of sp³-hybridized carbons (Fsp3) is 0.250. The Morgan fingerprint density at radius 2 is 1.79 bits per heavy atom. The van der Waals surface area contributed by atoms with E-state index < -0.39 is 0 Å². The van der Waals surface area contributed by atoms with E-state index in [9.17, 15) is 4.91 Å². The quantitative estimate of drug-likeness (QED) is 0.585. The molecule has 0 saturated heterocycles. The lowest BCUT2D eigenvalue weighted by atomic mass is 10.3.